The normalized spacial score (nSPS) is 11.0. The first kappa shape index (κ1) is 18.9. The topological polar surface area (TPSA) is 72.9 Å². The Hall–Kier alpha value is -2.84. The number of ether oxygens (including phenoxy) is 2. The van der Waals surface area contributed by atoms with Crippen LogP contribution < -0.4 is 13.8 Å². The van der Waals surface area contributed by atoms with E-state index in [4.69, 9.17) is 9.47 Å². The number of benzene rings is 2. The van der Waals surface area contributed by atoms with Crippen molar-refractivity contribution in [2.45, 2.75) is 4.21 Å². The minimum Gasteiger partial charge on any atom is -0.482 e. The highest BCUT2D eigenvalue weighted by molar-refractivity contribution is 7.94. The van der Waals surface area contributed by atoms with E-state index >= 15 is 0 Å². The van der Waals surface area contributed by atoms with E-state index in [0.29, 0.717) is 17.2 Å². The van der Waals surface area contributed by atoms with Gasteiger partial charge in [0, 0.05) is 7.05 Å². The van der Waals surface area contributed by atoms with Crippen molar-refractivity contribution in [1.82, 2.24) is 0 Å². The molecule has 6 nitrogen and oxygen atoms in total. The fourth-order valence-electron chi connectivity index (χ4n) is 2.23. The molecule has 0 N–H and O–H groups in total. The van der Waals surface area contributed by atoms with E-state index < -0.39 is 16.0 Å². The van der Waals surface area contributed by atoms with Crippen LogP contribution >= 0.6 is 11.3 Å². The number of thiophene rings is 1. The second kappa shape index (κ2) is 8.24. The van der Waals surface area contributed by atoms with Crippen molar-refractivity contribution in [3.63, 3.8) is 0 Å². The van der Waals surface area contributed by atoms with E-state index in [-0.39, 0.29) is 10.8 Å². The maximum absolute atomic E-state index is 12.5. The zero-order chi connectivity index (χ0) is 19.3. The number of para-hydroxylation sites is 1. The van der Waals surface area contributed by atoms with Gasteiger partial charge in [0.1, 0.15) is 15.7 Å². The minimum atomic E-state index is -3.58. The van der Waals surface area contributed by atoms with Crippen LogP contribution in [0.5, 0.6) is 11.5 Å². The highest BCUT2D eigenvalue weighted by Gasteiger charge is 2.22. The number of carbonyl (C=O) groups excluding carboxylic acids is 1. The third-order valence-electron chi connectivity index (χ3n) is 3.64. The van der Waals surface area contributed by atoms with Gasteiger partial charge in [-0.25, -0.2) is 13.2 Å². The van der Waals surface area contributed by atoms with E-state index in [1.807, 2.05) is 6.07 Å². The van der Waals surface area contributed by atoms with Crippen molar-refractivity contribution < 1.29 is 22.7 Å². The molecular weight excluding hydrogens is 386 g/mol. The fourth-order valence-corrected chi connectivity index (χ4v) is 4.58. The molecule has 0 bridgehead atoms. The Labute approximate surface area is 161 Å². The average molecular weight is 403 g/mol. The average Bonchev–Trinajstić information content (AvgIpc) is 3.23. The molecule has 1 heterocycles. The summed E-state index contributed by atoms with van der Waals surface area (Å²) in [4.78, 5) is 11.8. The van der Waals surface area contributed by atoms with Gasteiger partial charge < -0.3 is 9.47 Å². The molecule has 0 spiro atoms. The quantitative estimate of drug-likeness (QED) is 0.446. The lowest BCUT2D eigenvalue weighted by molar-refractivity contribution is -0.136. The molecule has 1 aromatic heterocycles. The second-order valence-corrected chi connectivity index (χ2v) is 8.62. The summed E-state index contributed by atoms with van der Waals surface area (Å²) in [6, 6.07) is 18.4. The highest BCUT2D eigenvalue weighted by atomic mass is 32.2. The summed E-state index contributed by atoms with van der Waals surface area (Å²) in [5, 5.41) is 1.71. The number of carbonyl (C=O) groups is 1. The molecule has 0 aliphatic rings. The number of esters is 1. The lowest BCUT2D eigenvalue weighted by Gasteiger charge is -2.18. The van der Waals surface area contributed by atoms with Crippen LogP contribution in [0, 0.1) is 0 Å². The molecule has 140 valence electrons. The summed E-state index contributed by atoms with van der Waals surface area (Å²) in [6.07, 6.45) is 0. The summed E-state index contributed by atoms with van der Waals surface area (Å²) in [7, 11) is -2.10. The molecule has 2 aromatic carbocycles. The molecular formula is C19H17NO5S2. The van der Waals surface area contributed by atoms with Crippen LogP contribution in [0.3, 0.4) is 0 Å². The van der Waals surface area contributed by atoms with Crippen molar-refractivity contribution in [3.05, 3.63) is 72.1 Å². The zero-order valence-electron chi connectivity index (χ0n) is 14.4. The molecule has 0 radical (unpaired) electrons. The molecule has 0 saturated heterocycles. The predicted molar refractivity (Wildman–Crippen MR) is 104 cm³/mol. The van der Waals surface area contributed by atoms with Crippen molar-refractivity contribution >= 4 is 33.0 Å². The van der Waals surface area contributed by atoms with E-state index in [1.165, 1.54) is 11.4 Å². The molecule has 0 saturated carbocycles. The van der Waals surface area contributed by atoms with E-state index in [9.17, 15) is 13.2 Å². The lowest BCUT2D eigenvalue weighted by atomic mass is 10.3. The monoisotopic (exact) mass is 403 g/mol. The van der Waals surface area contributed by atoms with Crippen molar-refractivity contribution in [2.24, 2.45) is 0 Å². The first-order chi connectivity index (χ1) is 13.0. The van der Waals surface area contributed by atoms with E-state index in [0.717, 1.165) is 11.3 Å². The van der Waals surface area contributed by atoms with E-state index in [1.54, 1.807) is 66.0 Å². The molecule has 0 fully saturated rings. The van der Waals surface area contributed by atoms with Crippen LogP contribution in [0.4, 0.5) is 5.69 Å². The van der Waals surface area contributed by atoms with Crippen LogP contribution in [0.2, 0.25) is 0 Å². The number of rotatable bonds is 7. The first-order valence-corrected chi connectivity index (χ1v) is 10.3. The number of hydrogen-bond acceptors (Lipinski definition) is 6. The Morgan fingerprint density at radius 2 is 1.67 bits per heavy atom. The van der Waals surface area contributed by atoms with Gasteiger partial charge in [-0.3, -0.25) is 4.31 Å². The Morgan fingerprint density at radius 1 is 0.963 bits per heavy atom. The summed E-state index contributed by atoms with van der Waals surface area (Å²) in [5.41, 5.74) is 0.489. The number of sulfonamides is 1. The largest absolute Gasteiger partial charge is 0.482 e. The standard InChI is InChI=1S/C19H17NO5S2/c1-20(27(22,23)19-8-5-13-26-19)15-9-11-16(12-10-15)24-14-18(21)25-17-6-3-2-4-7-17/h2-13H,14H2,1H3. The van der Waals surface area contributed by atoms with Gasteiger partial charge in [-0.2, -0.15) is 0 Å². The first-order valence-electron chi connectivity index (χ1n) is 7.98. The molecule has 0 amide bonds. The predicted octanol–water partition coefficient (Wildman–Crippen LogP) is 3.56. The minimum absolute atomic E-state index is 0.252. The Morgan fingerprint density at radius 3 is 2.30 bits per heavy atom. The van der Waals surface area contributed by atoms with Crippen molar-refractivity contribution in [3.8, 4) is 11.5 Å². The number of hydrogen-bond donors (Lipinski definition) is 0. The lowest BCUT2D eigenvalue weighted by Crippen LogP contribution is -2.25. The fraction of sp³-hybridized carbons (Fsp3) is 0.105. The molecule has 0 aliphatic carbocycles. The summed E-state index contributed by atoms with van der Waals surface area (Å²) >= 11 is 1.16. The molecule has 27 heavy (non-hydrogen) atoms. The number of anilines is 1. The molecule has 8 heteroatoms. The molecule has 3 aromatic rings. The number of nitrogens with zero attached hydrogens (tertiary/aromatic N) is 1. The summed E-state index contributed by atoms with van der Waals surface area (Å²) < 4.78 is 37.0. The van der Waals surface area contributed by atoms with Gasteiger partial charge in [-0.1, -0.05) is 24.3 Å². The highest BCUT2D eigenvalue weighted by Crippen LogP contribution is 2.26. The molecule has 0 atom stereocenters. The SMILES string of the molecule is CN(c1ccc(OCC(=O)Oc2ccccc2)cc1)S(=O)(=O)c1cccs1. The Bertz CT molecular complexity index is 984. The van der Waals surface area contributed by atoms with Crippen molar-refractivity contribution in [1.29, 1.82) is 0 Å². The maximum atomic E-state index is 12.5. The third kappa shape index (κ3) is 4.66. The summed E-state index contributed by atoms with van der Waals surface area (Å²) in [5.74, 6) is 0.357. The molecule has 0 unspecified atom stereocenters. The van der Waals surface area contributed by atoms with Crippen LogP contribution in [0.1, 0.15) is 0 Å². The van der Waals surface area contributed by atoms with Crippen molar-refractivity contribution in [2.75, 3.05) is 18.0 Å². The van der Waals surface area contributed by atoms with Gasteiger partial charge in [0.25, 0.3) is 10.0 Å². The van der Waals surface area contributed by atoms with Gasteiger partial charge in [0.05, 0.1) is 5.69 Å². The molecule has 3 rings (SSSR count). The van der Waals surface area contributed by atoms with E-state index in [2.05, 4.69) is 0 Å². The zero-order valence-corrected chi connectivity index (χ0v) is 16.1. The van der Waals surface area contributed by atoms with Gasteiger partial charge in [-0.05, 0) is 47.8 Å². The van der Waals surface area contributed by atoms with Gasteiger partial charge in [-0.15, -0.1) is 11.3 Å². The van der Waals surface area contributed by atoms with Crippen LogP contribution in [0.25, 0.3) is 0 Å². The second-order valence-electron chi connectivity index (χ2n) is 5.47. The van der Waals surface area contributed by atoms with Gasteiger partial charge >= 0.3 is 5.97 Å². The van der Waals surface area contributed by atoms with Gasteiger partial charge in [0.2, 0.25) is 0 Å². The van der Waals surface area contributed by atoms with Crippen LogP contribution in [-0.4, -0.2) is 28.0 Å². The maximum Gasteiger partial charge on any atom is 0.349 e. The van der Waals surface area contributed by atoms with Crippen LogP contribution in [0.15, 0.2) is 76.3 Å². The third-order valence-corrected chi connectivity index (χ3v) is 6.80. The smallest absolute Gasteiger partial charge is 0.349 e. The Balaban J connectivity index is 1.59. The molecule has 0 aliphatic heterocycles. The summed E-state index contributed by atoms with van der Waals surface area (Å²) in [6.45, 7) is -0.252. The van der Waals surface area contributed by atoms with Crippen LogP contribution in [-0.2, 0) is 14.8 Å². The Kier molecular flexibility index (Phi) is 5.78. The van der Waals surface area contributed by atoms with Gasteiger partial charge in [0.15, 0.2) is 6.61 Å².